The summed E-state index contributed by atoms with van der Waals surface area (Å²) < 4.78 is 0. The molecule has 108 valence electrons. The average Bonchev–Trinajstić information content (AvgIpc) is 2.90. The van der Waals surface area contributed by atoms with E-state index in [0.717, 1.165) is 11.3 Å². The minimum Gasteiger partial charge on any atom is -0.321 e. The van der Waals surface area contributed by atoms with Crippen LogP contribution in [0.3, 0.4) is 0 Å². The van der Waals surface area contributed by atoms with Crippen LogP contribution >= 0.6 is 11.3 Å². The number of carbonyl (C=O) groups excluding carboxylic acids is 1. The van der Waals surface area contributed by atoms with Gasteiger partial charge in [-0.05, 0) is 19.1 Å². The van der Waals surface area contributed by atoms with Crippen molar-refractivity contribution in [3.63, 3.8) is 0 Å². The summed E-state index contributed by atoms with van der Waals surface area (Å²) in [7, 11) is 0. The maximum Gasteiger partial charge on any atom is 0.324 e. The molecule has 0 saturated carbocycles. The molecule has 21 heavy (non-hydrogen) atoms. The minimum atomic E-state index is -0.585. The second-order valence-corrected chi connectivity index (χ2v) is 5.17. The molecule has 2 aromatic rings. The van der Waals surface area contributed by atoms with Gasteiger partial charge >= 0.3 is 5.00 Å². The molecule has 1 N–H and O–H groups in total. The van der Waals surface area contributed by atoms with Gasteiger partial charge in [0.1, 0.15) is 0 Å². The number of rotatable bonds is 4. The van der Waals surface area contributed by atoms with Crippen LogP contribution in [-0.4, -0.2) is 15.8 Å². The molecule has 9 heteroatoms. The van der Waals surface area contributed by atoms with Crippen LogP contribution in [0.1, 0.15) is 15.2 Å². The molecule has 0 unspecified atom stereocenters. The van der Waals surface area contributed by atoms with Crippen molar-refractivity contribution in [3.8, 4) is 0 Å². The van der Waals surface area contributed by atoms with E-state index in [1.165, 1.54) is 30.3 Å². The zero-order valence-corrected chi connectivity index (χ0v) is 11.5. The standard InChI is InChI=1S/C12H9N3O5S/c1-7-2-3-8(6-9(7)14(17)18)13-12(16)10-4-5-11(21-10)15(19)20/h2-6H,1H3,(H,13,16). The summed E-state index contributed by atoms with van der Waals surface area (Å²) >= 11 is 0.737. The lowest BCUT2D eigenvalue weighted by Crippen LogP contribution is -2.10. The van der Waals surface area contributed by atoms with Gasteiger partial charge in [0.15, 0.2) is 0 Å². The molecule has 1 heterocycles. The van der Waals surface area contributed by atoms with Crippen LogP contribution in [0.2, 0.25) is 0 Å². The number of nitro benzene ring substituents is 1. The number of carbonyl (C=O) groups is 1. The summed E-state index contributed by atoms with van der Waals surface area (Å²) in [6.45, 7) is 1.59. The fraction of sp³-hybridized carbons (Fsp3) is 0.0833. The zero-order valence-electron chi connectivity index (χ0n) is 10.7. The van der Waals surface area contributed by atoms with Crippen molar-refractivity contribution in [2.24, 2.45) is 0 Å². The third kappa shape index (κ3) is 3.20. The molecule has 1 amide bonds. The Hall–Kier alpha value is -2.81. The smallest absolute Gasteiger partial charge is 0.321 e. The van der Waals surface area contributed by atoms with Gasteiger partial charge in [-0.3, -0.25) is 25.0 Å². The molecule has 0 spiro atoms. The number of amides is 1. The van der Waals surface area contributed by atoms with Gasteiger partial charge in [-0.25, -0.2) is 0 Å². The van der Waals surface area contributed by atoms with E-state index >= 15 is 0 Å². The first kappa shape index (κ1) is 14.6. The highest BCUT2D eigenvalue weighted by atomic mass is 32.1. The molecule has 0 fully saturated rings. The second-order valence-electron chi connectivity index (χ2n) is 4.11. The van der Waals surface area contributed by atoms with Crippen LogP contribution in [0, 0.1) is 27.2 Å². The van der Waals surface area contributed by atoms with Gasteiger partial charge in [0.2, 0.25) is 0 Å². The van der Waals surface area contributed by atoms with E-state index in [9.17, 15) is 25.0 Å². The van der Waals surface area contributed by atoms with Crippen LogP contribution < -0.4 is 5.32 Å². The molecule has 8 nitrogen and oxygen atoms in total. The van der Waals surface area contributed by atoms with Crippen molar-refractivity contribution in [3.05, 3.63) is 61.0 Å². The number of nitro groups is 2. The maximum atomic E-state index is 11.9. The number of hydrogen-bond donors (Lipinski definition) is 1. The highest BCUT2D eigenvalue weighted by molar-refractivity contribution is 7.17. The summed E-state index contributed by atoms with van der Waals surface area (Å²) in [6.07, 6.45) is 0. The Balaban J connectivity index is 2.21. The first-order valence-corrected chi connectivity index (χ1v) is 6.51. The second kappa shape index (κ2) is 5.67. The first-order valence-electron chi connectivity index (χ1n) is 5.69. The zero-order chi connectivity index (χ0) is 15.6. The van der Waals surface area contributed by atoms with Crippen molar-refractivity contribution in [1.82, 2.24) is 0 Å². The fourth-order valence-electron chi connectivity index (χ4n) is 1.62. The number of nitrogens with one attached hydrogen (secondary N) is 1. The van der Waals surface area contributed by atoms with Crippen molar-refractivity contribution >= 4 is 33.6 Å². The van der Waals surface area contributed by atoms with Crippen LogP contribution in [0.25, 0.3) is 0 Å². The van der Waals surface area contributed by atoms with Crippen LogP contribution in [-0.2, 0) is 0 Å². The summed E-state index contributed by atoms with van der Waals surface area (Å²) in [5.41, 5.74) is 0.628. The lowest BCUT2D eigenvalue weighted by atomic mass is 10.2. The summed E-state index contributed by atoms with van der Waals surface area (Å²) in [5.74, 6) is -0.550. The maximum absolute atomic E-state index is 11.9. The fourth-order valence-corrected chi connectivity index (χ4v) is 2.34. The van der Waals surface area contributed by atoms with Gasteiger partial charge in [0.25, 0.3) is 11.6 Å². The molecular weight excluding hydrogens is 298 g/mol. The summed E-state index contributed by atoms with van der Waals surface area (Å²) in [5, 5.41) is 23.7. The van der Waals surface area contributed by atoms with Crippen molar-refractivity contribution in [1.29, 1.82) is 0 Å². The molecule has 0 aliphatic carbocycles. The molecule has 0 radical (unpaired) electrons. The number of nitrogens with zero attached hydrogens (tertiary/aromatic N) is 2. The number of anilines is 1. The predicted molar refractivity (Wildman–Crippen MR) is 76.8 cm³/mol. The monoisotopic (exact) mass is 307 g/mol. The van der Waals surface area contributed by atoms with Crippen molar-refractivity contribution in [2.75, 3.05) is 5.32 Å². The quantitative estimate of drug-likeness (QED) is 0.688. The Bertz CT molecular complexity index is 740. The van der Waals surface area contributed by atoms with Crippen LogP contribution in [0.4, 0.5) is 16.4 Å². The Morgan fingerprint density at radius 1 is 1.14 bits per heavy atom. The minimum absolute atomic E-state index is 0.107. The summed E-state index contributed by atoms with van der Waals surface area (Å²) in [6, 6.07) is 6.86. The predicted octanol–water partition coefficient (Wildman–Crippen LogP) is 3.13. The van der Waals surface area contributed by atoms with Crippen LogP contribution in [0.5, 0.6) is 0 Å². The van der Waals surface area contributed by atoms with Gasteiger partial charge in [-0.2, -0.15) is 0 Å². The van der Waals surface area contributed by atoms with E-state index < -0.39 is 15.8 Å². The Morgan fingerprint density at radius 2 is 1.86 bits per heavy atom. The van der Waals surface area contributed by atoms with E-state index in [1.54, 1.807) is 6.92 Å². The molecule has 1 aromatic carbocycles. The van der Waals surface area contributed by atoms with E-state index in [4.69, 9.17) is 0 Å². The van der Waals surface area contributed by atoms with Gasteiger partial charge in [0.05, 0.1) is 14.7 Å². The van der Waals surface area contributed by atoms with Gasteiger partial charge < -0.3 is 5.32 Å². The molecule has 0 bridgehead atoms. The molecule has 0 aliphatic rings. The first-order chi connectivity index (χ1) is 9.88. The van der Waals surface area contributed by atoms with E-state index in [1.807, 2.05) is 0 Å². The van der Waals surface area contributed by atoms with Gasteiger partial charge in [-0.1, -0.05) is 17.4 Å². The lowest BCUT2D eigenvalue weighted by molar-refractivity contribution is -0.385. The molecule has 0 atom stereocenters. The van der Waals surface area contributed by atoms with Gasteiger partial charge in [-0.15, -0.1) is 0 Å². The third-order valence-corrected chi connectivity index (χ3v) is 3.69. The van der Waals surface area contributed by atoms with Crippen molar-refractivity contribution < 1.29 is 14.6 Å². The lowest BCUT2D eigenvalue weighted by Gasteiger charge is -2.04. The van der Waals surface area contributed by atoms with E-state index in [2.05, 4.69) is 5.32 Å². The number of hydrogen-bond acceptors (Lipinski definition) is 6. The number of thiophene rings is 1. The largest absolute Gasteiger partial charge is 0.324 e. The van der Waals surface area contributed by atoms with E-state index in [-0.39, 0.29) is 21.3 Å². The third-order valence-electron chi connectivity index (χ3n) is 2.66. The Kier molecular flexibility index (Phi) is 3.94. The SMILES string of the molecule is Cc1ccc(NC(=O)c2ccc([N+](=O)[O-])s2)cc1[N+](=O)[O-]. The molecule has 0 aliphatic heterocycles. The highest BCUT2D eigenvalue weighted by Gasteiger charge is 2.17. The average molecular weight is 307 g/mol. The number of aryl methyl sites for hydroxylation is 1. The molecule has 1 aromatic heterocycles. The number of benzene rings is 1. The molecule has 2 rings (SSSR count). The molecule has 0 saturated heterocycles. The van der Waals surface area contributed by atoms with Crippen molar-refractivity contribution in [2.45, 2.75) is 6.92 Å². The van der Waals surface area contributed by atoms with Crippen LogP contribution in [0.15, 0.2) is 30.3 Å². The highest BCUT2D eigenvalue weighted by Crippen LogP contribution is 2.26. The van der Waals surface area contributed by atoms with Gasteiger partial charge in [0, 0.05) is 23.4 Å². The Morgan fingerprint density at radius 3 is 2.43 bits per heavy atom. The Labute approximate surface area is 122 Å². The normalized spacial score (nSPS) is 10.1. The topological polar surface area (TPSA) is 115 Å². The molecular formula is C12H9N3O5S. The van der Waals surface area contributed by atoms with E-state index in [0.29, 0.717) is 5.56 Å². The summed E-state index contributed by atoms with van der Waals surface area (Å²) in [4.78, 5) is 32.3.